The topological polar surface area (TPSA) is 105 Å². The van der Waals surface area contributed by atoms with Gasteiger partial charge in [-0.1, -0.05) is 6.07 Å². The van der Waals surface area contributed by atoms with Gasteiger partial charge >= 0.3 is 12.0 Å². The molecule has 3 unspecified atom stereocenters. The zero-order valence-electron chi connectivity index (χ0n) is 14.1. The summed E-state index contributed by atoms with van der Waals surface area (Å²) in [6.07, 6.45) is 2.67. The Hall–Kier alpha value is -2.13. The molecule has 1 aromatic carbocycles. The Balaban J connectivity index is 1.69. The van der Waals surface area contributed by atoms with Crippen LogP contribution in [-0.4, -0.2) is 57.3 Å². The first-order chi connectivity index (χ1) is 11.8. The molecule has 2 N–H and O–H groups in total. The minimum atomic E-state index is -3.32. The standard InChI is InChI=1S/C16H21N3O5S/c1-24-15(20)11-4-3-5-12(8-11)17-16(21)19-9-10-6-13(14(19)7-10)18-25(2,22)23/h3-5,8,10,13-14,18H,6-7,9H2,1-2H3,(H,17,21). The summed E-state index contributed by atoms with van der Waals surface area (Å²) in [4.78, 5) is 25.8. The van der Waals surface area contributed by atoms with Crippen LogP contribution in [0, 0.1) is 5.92 Å². The molecule has 2 amide bonds. The number of nitrogens with one attached hydrogen (secondary N) is 2. The van der Waals surface area contributed by atoms with E-state index in [4.69, 9.17) is 0 Å². The largest absolute Gasteiger partial charge is 0.465 e. The third kappa shape index (κ3) is 3.93. The molecule has 0 spiro atoms. The number of likely N-dealkylation sites (tertiary alicyclic amines) is 1. The molecule has 2 bridgehead atoms. The number of fused-ring (bicyclic) bond motifs is 2. The van der Waals surface area contributed by atoms with Crippen LogP contribution in [0.15, 0.2) is 24.3 Å². The highest BCUT2D eigenvalue weighted by molar-refractivity contribution is 7.88. The Kier molecular flexibility index (Phi) is 4.70. The fourth-order valence-corrected chi connectivity index (χ4v) is 4.50. The number of anilines is 1. The Morgan fingerprint density at radius 2 is 2.04 bits per heavy atom. The zero-order chi connectivity index (χ0) is 18.2. The maximum Gasteiger partial charge on any atom is 0.337 e. The van der Waals surface area contributed by atoms with Gasteiger partial charge < -0.3 is 15.0 Å². The van der Waals surface area contributed by atoms with Crippen LogP contribution in [0.25, 0.3) is 0 Å². The predicted molar refractivity (Wildman–Crippen MR) is 91.8 cm³/mol. The lowest BCUT2D eigenvalue weighted by atomic mass is 10.1. The molecule has 8 nitrogen and oxygen atoms in total. The highest BCUT2D eigenvalue weighted by atomic mass is 32.2. The lowest BCUT2D eigenvalue weighted by Gasteiger charge is -2.33. The predicted octanol–water partition coefficient (Wildman–Crippen LogP) is 1.02. The van der Waals surface area contributed by atoms with Crippen molar-refractivity contribution in [2.24, 2.45) is 5.92 Å². The Bertz CT molecular complexity index is 795. The van der Waals surface area contributed by atoms with Gasteiger partial charge in [0.2, 0.25) is 10.0 Å². The summed E-state index contributed by atoms with van der Waals surface area (Å²) in [6, 6.07) is 5.80. The second kappa shape index (κ2) is 6.64. The van der Waals surface area contributed by atoms with Crippen LogP contribution in [0.3, 0.4) is 0 Å². The highest BCUT2D eigenvalue weighted by Crippen LogP contribution is 2.38. The first kappa shape index (κ1) is 17.7. The fraction of sp³-hybridized carbons (Fsp3) is 0.500. The van der Waals surface area contributed by atoms with Crippen LogP contribution >= 0.6 is 0 Å². The van der Waals surface area contributed by atoms with Crippen molar-refractivity contribution in [1.29, 1.82) is 0 Å². The average molecular weight is 367 g/mol. The van der Waals surface area contributed by atoms with Crippen LogP contribution in [0.5, 0.6) is 0 Å². The minimum Gasteiger partial charge on any atom is -0.465 e. The lowest BCUT2D eigenvalue weighted by molar-refractivity contribution is 0.0600. The molecule has 3 rings (SSSR count). The molecule has 1 heterocycles. The normalized spacial score (nSPS) is 25.0. The Morgan fingerprint density at radius 1 is 1.28 bits per heavy atom. The van der Waals surface area contributed by atoms with Crippen molar-refractivity contribution in [2.45, 2.75) is 24.9 Å². The summed E-state index contributed by atoms with van der Waals surface area (Å²) < 4.78 is 30.3. The molecule has 1 aliphatic heterocycles. The molecule has 0 aromatic heterocycles. The monoisotopic (exact) mass is 367 g/mol. The molecule has 2 fully saturated rings. The van der Waals surface area contributed by atoms with E-state index in [2.05, 4.69) is 14.8 Å². The maximum atomic E-state index is 12.6. The van der Waals surface area contributed by atoms with Gasteiger partial charge in [-0.05, 0) is 37.0 Å². The van der Waals surface area contributed by atoms with E-state index in [0.29, 0.717) is 23.7 Å². The van der Waals surface area contributed by atoms with Crippen LogP contribution in [-0.2, 0) is 14.8 Å². The van der Waals surface area contributed by atoms with Crippen molar-refractivity contribution >= 4 is 27.7 Å². The van der Waals surface area contributed by atoms with Crippen LogP contribution in [0.4, 0.5) is 10.5 Å². The molecule has 25 heavy (non-hydrogen) atoms. The van der Waals surface area contributed by atoms with E-state index in [0.717, 1.165) is 19.1 Å². The Labute approximate surface area is 146 Å². The number of carbonyl (C=O) groups is 2. The van der Waals surface area contributed by atoms with Gasteiger partial charge in [0.15, 0.2) is 0 Å². The van der Waals surface area contributed by atoms with E-state index in [1.807, 2.05) is 0 Å². The van der Waals surface area contributed by atoms with E-state index in [1.54, 1.807) is 29.2 Å². The molecule has 1 aromatic rings. The van der Waals surface area contributed by atoms with Gasteiger partial charge in [-0.15, -0.1) is 0 Å². The number of carbonyl (C=O) groups excluding carboxylic acids is 2. The molecule has 3 atom stereocenters. The zero-order valence-corrected chi connectivity index (χ0v) is 14.9. The minimum absolute atomic E-state index is 0.150. The first-order valence-corrected chi connectivity index (χ1v) is 9.89. The van der Waals surface area contributed by atoms with Crippen molar-refractivity contribution in [3.63, 3.8) is 0 Å². The number of benzene rings is 1. The summed E-state index contributed by atoms with van der Waals surface area (Å²) in [6.45, 7) is 0.606. The van der Waals surface area contributed by atoms with E-state index < -0.39 is 16.0 Å². The molecule has 0 radical (unpaired) electrons. The van der Waals surface area contributed by atoms with Gasteiger partial charge in [0.1, 0.15) is 0 Å². The van der Waals surface area contributed by atoms with E-state index >= 15 is 0 Å². The van der Waals surface area contributed by atoms with Crippen molar-refractivity contribution in [1.82, 2.24) is 9.62 Å². The van der Waals surface area contributed by atoms with Crippen LogP contribution < -0.4 is 10.0 Å². The third-order valence-electron chi connectivity index (χ3n) is 4.64. The fourth-order valence-electron chi connectivity index (χ4n) is 3.70. The van der Waals surface area contributed by atoms with E-state index in [9.17, 15) is 18.0 Å². The van der Waals surface area contributed by atoms with Crippen LogP contribution in [0.2, 0.25) is 0 Å². The summed E-state index contributed by atoms with van der Waals surface area (Å²) >= 11 is 0. The highest BCUT2D eigenvalue weighted by Gasteiger charge is 2.47. The number of nitrogens with zero attached hydrogens (tertiary/aromatic N) is 1. The quantitative estimate of drug-likeness (QED) is 0.773. The van der Waals surface area contributed by atoms with Gasteiger partial charge in [0.05, 0.1) is 25.0 Å². The number of esters is 1. The van der Waals surface area contributed by atoms with Crippen molar-refractivity contribution in [3.8, 4) is 0 Å². The number of amides is 2. The molecule has 2 aliphatic rings. The molecule has 1 saturated heterocycles. The smallest absolute Gasteiger partial charge is 0.337 e. The van der Waals surface area contributed by atoms with Gasteiger partial charge in [-0.25, -0.2) is 22.7 Å². The van der Waals surface area contributed by atoms with Crippen molar-refractivity contribution < 1.29 is 22.7 Å². The molecule has 1 saturated carbocycles. The number of hydrogen-bond acceptors (Lipinski definition) is 5. The van der Waals surface area contributed by atoms with Crippen LogP contribution in [0.1, 0.15) is 23.2 Å². The summed E-state index contributed by atoms with van der Waals surface area (Å²) in [5.74, 6) is -0.176. The number of ether oxygens (including phenoxy) is 1. The maximum absolute atomic E-state index is 12.6. The number of sulfonamides is 1. The third-order valence-corrected chi connectivity index (χ3v) is 5.37. The van der Waals surface area contributed by atoms with Gasteiger partial charge in [0, 0.05) is 18.3 Å². The van der Waals surface area contributed by atoms with E-state index in [-0.39, 0.29) is 18.1 Å². The van der Waals surface area contributed by atoms with Gasteiger partial charge in [-0.2, -0.15) is 0 Å². The summed E-state index contributed by atoms with van der Waals surface area (Å²) in [5.41, 5.74) is 0.836. The second-order valence-electron chi connectivity index (χ2n) is 6.56. The van der Waals surface area contributed by atoms with E-state index in [1.165, 1.54) is 7.11 Å². The molecular weight excluding hydrogens is 346 g/mol. The molecular formula is C16H21N3O5S. The molecule has 1 aliphatic carbocycles. The summed E-state index contributed by atoms with van der Waals surface area (Å²) in [5, 5.41) is 2.77. The average Bonchev–Trinajstić information content (AvgIpc) is 3.12. The molecule has 136 valence electrons. The van der Waals surface area contributed by atoms with Gasteiger partial charge in [-0.3, -0.25) is 0 Å². The number of methoxy groups -OCH3 is 1. The lowest BCUT2D eigenvalue weighted by Crippen LogP contribution is -2.52. The van der Waals surface area contributed by atoms with Gasteiger partial charge in [0.25, 0.3) is 0 Å². The summed E-state index contributed by atoms with van der Waals surface area (Å²) in [7, 11) is -2.02. The van der Waals surface area contributed by atoms with Crippen molar-refractivity contribution in [3.05, 3.63) is 29.8 Å². The SMILES string of the molecule is COC(=O)c1cccc(NC(=O)N2CC3CC(NS(C)(=O)=O)C2C3)c1. The first-order valence-electron chi connectivity index (χ1n) is 8.00. The molecule has 9 heteroatoms. The number of urea groups is 1. The number of piperidine rings is 1. The Morgan fingerprint density at radius 3 is 2.68 bits per heavy atom. The second-order valence-corrected chi connectivity index (χ2v) is 8.34. The number of hydrogen-bond donors (Lipinski definition) is 2. The number of rotatable bonds is 4. The van der Waals surface area contributed by atoms with Crippen molar-refractivity contribution in [2.75, 3.05) is 25.2 Å².